The van der Waals surface area contributed by atoms with Crippen LogP contribution >= 0.6 is 0 Å². The molecule has 4 rings (SSSR count). The van der Waals surface area contributed by atoms with Crippen LogP contribution < -0.4 is 24.8 Å². The minimum atomic E-state index is 0. The van der Waals surface area contributed by atoms with Crippen LogP contribution in [0.2, 0.25) is 0 Å². The molecule has 144 valence electrons. The SMILES string of the molecule is CC=C1[C-]=C(c2ccccc2)C=C1.CC=C1[C-]=C(c2ccccc2)C=C1.[Cl-].[Cl-].[Zr+4]. The van der Waals surface area contributed by atoms with Crippen molar-refractivity contribution in [1.29, 1.82) is 0 Å². The summed E-state index contributed by atoms with van der Waals surface area (Å²) in [5.41, 5.74) is 7.14. The van der Waals surface area contributed by atoms with E-state index in [1.807, 2.05) is 50.2 Å². The molecule has 0 spiro atoms. The predicted molar refractivity (Wildman–Crippen MR) is 112 cm³/mol. The van der Waals surface area contributed by atoms with E-state index in [4.69, 9.17) is 0 Å². The standard InChI is InChI=1S/2C13H11.2ClH.Zr/c2*1-2-11-8-9-13(10-11)12-6-4-3-5-7-12;;;/h2*2-9H,1H3;2*1H;/q2*-1;;;+4/p-2. The Balaban J connectivity index is 0.000000490. The molecule has 0 saturated heterocycles. The summed E-state index contributed by atoms with van der Waals surface area (Å²) in [6.07, 6.45) is 19.1. The maximum absolute atomic E-state index is 3.32. The second-order valence-electron chi connectivity index (χ2n) is 5.96. The summed E-state index contributed by atoms with van der Waals surface area (Å²) in [4.78, 5) is 0. The molecule has 0 atom stereocenters. The van der Waals surface area contributed by atoms with Gasteiger partial charge >= 0.3 is 26.2 Å². The van der Waals surface area contributed by atoms with Crippen LogP contribution in [0, 0.1) is 12.2 Å². The van der Waals surface area contributed by atoms with E-state index in [9.17, 15) is 0 Å². The average molecular weight is 497 g/mol. The van der Waals surface area contributed by atoms with Crippen LogP contribution in [0.3, 0.4) is 0 Å². The van der Waals surface area contributed by atoms with E-state index in [1.165, 1.54) is 33.4 Å². The third-order valence-electron chi connectivity index (χ3n) is 4.21. The van der Waals surface area contributed by atoms with E-state index in [0.717, 1.165) is 0 Å². The van der Waals surface area contributed by atoms with Crippen molar-refractivity contribution in [3.63, 3.8) is 0 Å². The van der Waals surface area contributed by atoms with Gasteiger partial charge in [-0.05, 0) is 0 Å². The minimum Gasteiger partial charge on any atom is -1.00 e. The van der Waals surface area contributed by atoms with Crippen LogP contribution in [0.15, 0.2) is 108 Å². The molecule has 0 amide bonds. The molecule has 0 fully saturated rings. The molecule has 3 heteroatoms. The molecule has 2 aromatic carbocycles. The molecule has 29 heavy (non-hydrogen) atoms. The molecule has 0 radical (unpaired) electrons. The Hall–Kier alpha value is -1.66. The molecule has 0 nitrogen and oxygen atoms in total. The van der Waals surface area contributed by atoms with Crippen LogP contribution in [0.1, 0.15) is 25.0 Å². The Labute approximate surface area is 206 Å². The van der Waals surface area contributed by atoms with Gasteiger partial charge in [0.1, 0.15) is 0 Å². The summed E-state index contributed by atoms with van der Waals surface area (Å²) in [6, 6.07) is 20.7. The maximum atomic E-state index is 3.32. The Kier molecular flexibility index (Phi) is 13.5. The van der Waals surface area contributed by atoms with Crippen molar-refractivity contribution < 1.29 is 51.0 Å². The van der Waals surface area contributed by atoms with Gasteiger partial charge in [0.15, 0.2) is 0 Å². The molecule has 0 saturated carbocycles. The molecule has 2 aliphatic rings. The second kappa shape index (κ2) is 14.3. The van der Waals surface area contributed by atoms with E-state index in [1.54, 1.807) is 0 Å². The third-order valence-corrected chi connectivity index (χ3v) is 4.21. The fraction of sp³-hybridized carbons (Fsp3) is 0.0769. The van der Waals surface area contributed by atoms with Crippen molar-refractivity contribution >= 4 is 11.1 Å². The van der Waals surface area contributed by atoms with Crippen molar-refractivity contribution in [2.45, 2.75) is 13.8 Å². The van der Waals surface area contributed by atoms with E-state index in [-0.39, 0.29) is 51.0 Å². The fourth-order valence-corrected chi connectivity index (χ4v) is 2.73. The van der Waals surface area contributed by atoms with Crippen molar-refractivity contribution in [2.24, 2.45) is 0 Å². The Morgan fingerprint density at radius 2 is 0.897 bits per heavy atom. The summed E-state index contributed by atoms with van der Waals surface area (Å²) >= 11 is 0. The number of hydrogen-bond acceptors (Lipinski definition) is 0. The van der Waals surface area contributed by atoms with E-state index in [2.05, 4.69) is 72.9 Å². The molecule has 0 bridgehead atoms. The molecule has 0 unspecified atom stereocenters. The molecular formula is C26H22Cl2Zr. The number of rotatable bonds is 2. The zero-order valence-electron chi connectivity index (χ0n) is 16.5. The summed E-state index contributed by atoms with van der Waals surface area (Å²) < 4.78 is 0. The van der Waals surface area contributed by atoms with Gasteiger partial charge in [-0.25, -0.2) is 0 Å². The van der Waals surface area contributed by atoms with Crippen molar-refractivity contribution in [2.75, 3.05) is 0 Å². The van der Waals surface area contributed by atoms with Crippen LogP contribution in [-0.2, 0) is 26.2 Å². The fourth-order valence-electron chi connectivity index (χ4n) is 2.73. The van der Waals surface area contributed by atoms with Crippen LogP contribution in [0.5, 0.6) is 0 Å². The summed E-state index contributed by atoms with van der Waals surface area (Å²) in [5.74, 6) is 0. The Bertz CT molecular complexity index is 852. The quantitative estimate of drug-likeness (QED) is 0.540. The summed E-state index contributed by atoms with van der Waals surface area (Å²) in [7, 11) is 0. The van der Waals surface area contributed by atoms with Crippen molar-refractivity contribution in [3.05, 3.63) is 132 Å². The van der Waals surface area contributed by atoms with Gasteiger partial charge in [-0.15, -0.1) is 46.6 Å². The van der Waals surface area contributed by atoms with Crippen molar-refractivity contribution in [1.82, 2.24) is 0 Å². The summed E-state index contributed by atoms with van der Waals surface area (Å²) in [6.45, 7) is 4.06. The molecule has 0 aliphatic heterocycles. The van der Waals surface area contributed by atoms with E-state index in [0.29, 0.717) is 0 Å². The van der Waals surface area contributed by atoms with Gasteiger partial charge in [0, 0.05) is 0 Å². The van der Waals surface area contributed by atoms with Gasteiger partial charge in [0.2, 0.25) is 0 Å². The first-order valence-corrected chi connectivity index (χ1v) is 8.87. The van der Waals surface area contributed by atoms with Crippen LogP contribution in [0.25, 0.3) is 11.1 Å². The van der Waals surface area contributed by atoms with Gasteiger partial charge in [0.05, 0.1) is 0 Å². The maximum Gasteiger partial charge on any atom is 4.00 e. The van der Waals surface area contributed by atoms with Gasteiger partial charge in [-0.3, -0.25) is 0 Å². The largest absolute Gasteiger partial charge is 4.00 e. The smallest absolute Gasteiger partial charge is 1.00 e. The predicted octanol–water partition coefficient (Wildman–Crippen LogP) is 0.784. The molecule has 2 aromatic rings. The zero-order valence-corrected chi connectivity index (χ0v) is 20.5. The van der Waals surface area contributed by atoms with Gasteiger partial charge in [-0.2, -0.15) is 24.3 Å². The molecular weight excluding hydrogens is 474 g/mol. The van der Waals surface area contributed by atoms with Gasteiger partial charge in [0.25, 0.3) is 0 Å². The monoisotopic (exact) mass is 494 g/mol. The first kappa shape index (κ1) is 27.3. The van der Waals surface area contributed by atoms with Crippen LogP contribution in [-0.4, -0.2) is 0 Å². The summed E-state index contributed by atoms with van der Waals surface area (Å²) in [5, 5.41) is 0. The zero-order chi connectivity index (χ0) is 18.2. The number of benzene rings is 2. The number of hydrogen-bond donors (Lipinski definition) is 0. The van der Waals surface area contributed by atoms with Gasteiger partial charge < -0.3 is 24.8 Å². The number of allylic oxidation sites excluding steroid dienone is 12. The normalized spacial score (nSPS) is 16.1. The second-order valence-corrected chi connectivity index (χ2v) is 5.96. The Morgan fingerprint density at radius 1 is 0.552 bits per heavy atom. The first-order chi connectivity index (χ1) is 12.8. The van der Waals surface area contributed by atoms with Crippen LogP contribution in [0.4, 0.5) is 0 Å². The average Bonchev–Trinajstić information content (AvgIpc) is 3.39. The molecule has 2 aliphatic carbocycles. The first-order valence-electron chi connectivity index (χ1n) is 8.87. The topological polar surface area (TPSA) is 0 Å². The third kappa shape index (κ3) is 7.94. The minimum absolute atomic E-state index is 0. The molecule has 0 N–H and O–H groups in total. The molecule has 0 aromatic heterocycles. The number of halogens is 2. The van der Waals surface area contributed by atoms with Crippen molar-refractivity contribution in [3.8, 4) is 0 Å². The molecule has 0 heterocycles. The van der Waals surface area contributed by atoms with E-state index < -0.39 is 0 Å². The van der Waals surface area contributed by atoms with Gasteiger partial charge in [-0.1, -0.05) is 85.6 Å². The Morgan fingerprint density at radius 3 is 1.17 bits per heavy atom. The van der Waals surface area contributed by atoms with E-state index >= 15 is 0 Å².